The predicted molar refractivity (Wildman–Crippen MR) is 243 cm³/mol. The Morgan fingerprint density at radius 1 is 0.341 bits per heavy atom. The number of hydrogen-bond donors (Lipinski definition) is 4. The molecule has 8 unspecified atom stereocenters. The molecule has 4 fully saturated rings. The lowest BCUT2D eigenvalue weighted by atomic mass is 10.5. The standard InChI is InChI=1S/C12H22S9.C12H22S8/c13-1-9-3-17-11(5-15-9)7-19-21-20-8-12-6-16-10(2-14)4-18-12;13-1-9-3-17-11(5-15-9)7-19-20-8-12-6-16-10(2-14)4-18-12/h9-14H,1-8H2;9-14H,1-8H2. The Balaban J connectivity index is 0.000000226. The summed E-state index contributed by atoms with van der Waals surface area (Å²) in [5.41, 5.74) is 0. The fourth-order valence-corrected chi connectivity index (χ4v) is 26.5. The van der Waals surface area contributed by atoms with Crippen LogP contribution < -0.4 is 0 Å². The molecular formula is C24H44S17. The van der Waals surface area contributed by atoms with E-state index in [-0.39, 0.29) is 0 Å². The number of thioether (sulfide) groups is 8. The highest BCUT2D eigenvalue weighted by Gasteiger charge is 2.24. The highest BCUT2D eigenvalue weighted by atomic mass is 33.5. The molecule has 17 heteroatoms. The van der Waals surface area contributed by atoms with E-state index in [9.17, 15) is 0 Å². The summed E-state index contributed by atoms with van der Waals surface area (Å²) in [5.74, 6) is 19.8. The van der Waals surface area contributed by atoms with Crippen molar-refractivity contribution < 1.29 is 0 Å². The minimum absolute atomic E-state index is 0.781. The van der Waals surface area contributed by atoms with Crippen molar-refractivity contribution in [3.05, 3.63) is 0 Å². The monoisotopic (exact) mass is 876 g/mol. The van der Waals surface area contributed by atoms with E-state index in [1.807, 2.05) is 9.83 Å². The SMILES string of the molecule is SCC1CSC(CSSCC2CSC(CS)CS2)CS1.SCC1CSC(CSSSCC2CSC(CS)CS2)CS1. The third kappa shape index (κ3) is 18.7. The van der Waals surface area contributed by atoms with Gasteiger partial charge in [-0.3, -0.25) is 0 Å². The Bertz CT molecular complexity index is 563. The molecule has 0 nitrogen and oxygen atoms in total. The Hall–Kier alpha value is 5.95. The molecule has 4 saturated heterocycles. The highest BCUT2D eigenvalue weighted by molar-refractivity contribution is 9.09. The zero-order valence-corrected chi connectivity index (χ0v) is 37.2. The summed E-state index contributed by atoms with van der Waals surface area (Å²) in [7, 11) is 10.3. The lowest BCUT2D eigenvalue weighted by molar-refractivity contribution is 1.06. The summed E-state index contributed by atoms with van der Waals surface area (Å²) in [6, 6.07) is 0. The van der Waals surface area contributed by atoms with Crippen LogP contribution in [0.2, 0.25) is 0 Å². The van der Waals surface area contributed by atoms with Crippen LogP contribution in [0.5, 0.6) is 0 Å². The lowest BCUT2D eigenvalue weighted by Crippen LogP contribution is -2.24. The van der Waals surface area contributed by atoms with E-state index >= 15 is 0 Å². The van der Waals surface area contributed by atoms with Crippen LogP contribution in [0.4, 0.5) is 0 Å². The van der Waals surface area contributed by atoms with Crippen molar-refractivity contribution in [3.63, 3.8) is 0 Å². The zero-order valence-electron chi connectivity index (χ0n) is 23.0. The van der Waals surface area contributed by atoms with Gasteiger partial charge in [0, 0.05) is 134 Å². The van der Waals surface area contributed by atoms with Gasteiger partial charge in [-0.2, -0.15) is 145 Å². The maximum absolute atomic E-state index is 4.40. The zero-order chi connectivity index (χ0) is 29.1. The molecule has 4 aliphatic heterocycles. The summed E-state index contributed by atoms with van der Waals surface area (Å²) in [6.07, 6.45) is 0. The normalized spacial score (nSPS) is 34.5. The van der Waals surface area contributed by atoms with Crippen molar-refractivity contribution in [2.24, 2.45) is 0 Å². The quantitative estimate of drug-likeness (QED) is 0.0702. The Labute approximate surface area is 327 Å². The molecule has 0 spiro atoms. The first-order valence-corrected chi connectivity index (χ1v) is 30.9. The van der Waals surface area contributed by atoms with Crippen molar-refractivity contribution in [1.82, 2.24) is 0 Å². The fraction of sp³-hybridized carbons (Fsp3) is 1.00. The number of rotatable bonds is 15. The summed E-state index contributed by atoms with van der Waals surface area (Å²) < 4.78 is 0. The van der Waals surface area contributed by atoms with Gasteiger partial charge in [0.05, 0.1) is 0 Å². The van der Waals surface area contributed by atoms with Crippen LogP contribution in [-0.2, 0) is 0 Å². The molecule has 8 atom stereocenters. The molecule has 0 aromatic rings. The molecule has 0 aliphatic carbocycles. The minimum Gasteiger partial charge on any atom is -0.178 e. The molecule has 4 aliphatic rings. The third-order valence-corrected chi connectivity index (χ3v) is 29.6. The maximum atomic E-state index is 4.40. The van der Waals surface area contributed by atoms with Crippen LogP contribution in [0, 0.1) is 0 Å². The van der Waals surface area contributed by atoms with Gasteiger partial charge in [0.2, 0.25) is 0 Å². The molecular weight excluding hydrogens is 833 g/mol. The van der Waals surface area contributed by atoms with Gasteiger partial charge >= 0.3 is 0 Å². The van der Waals surface area contributed by atoms with Crippen LogP contribution in [0.15, 0.2) is 0 Å². The summed E-state index contributed by atoms with van der Waals surface area (Å²) in [6.45, 7) is 0. The molecule has 0 bridgehead atoms. The van der Waals surface area contributed by atoms with Gasteiger partial charge in [0.15, 0.2) is 0 Å². The molecule has 4 heterocycles. The van der Waals surface area contributed by atoms with E-state index in [0.717, 1.165) is 65.0 Å². The molecule has 0 radical (unpaired) electrons. The second kappa shape index (κ2) is 26.7. The van der Waals surface area contributed by atoms with E-state index in [2.05, 4.69) is 188 Å². The van der Waals surface area contributed by atoms with E-state index in [1.54, 1.807) is 0 Å². The van der Waals surface area contributed by atoms with Crippen molar-refractivity contribution in [2.45, 2.75) is 42.0 Å². The van der Waals surface area contributed by atoms with Gasteiger partial charge in [0.25, 0.3) is 0 Å². The number of hydrogen-bond acceptors (Lipinski definition) is 17. The molecule has 0 saturated carbocycles. The van der Waals surface area contributed by atoms with E-state index < -0.39 is 0 Å². The van der Waals surface area contributed by atoms with Crippen LogP contribution in [-0.4, -0.2) is 134 Å². The molecule has 0 N–H and O–H groups in total. The van der Waals surface area contributed by atoms with Crippen molar-refractivity contribution in [2.75, 3.05) is 92.0 Å². The minimum atomic E-state index is 0.781. The van der Waals surface area contributed by atoms with E-state index in [4.69, 9.17) is 0 Å². The summed E-state index contributed by atoms with van der Waals surface area (Å²) >= 11 is 34.7. The molecule has 0 amide bonds. The topological polar surface area (TPSA) is 0 Å². The van der Waals surface area contributed by atoms with Gasteiger partial charge in [-0.25, -0.2) is 0 Å². The van der Waals surface area contributed by atoms with Gasteiger partial charge < -0.3 is 0 Å². The largest absolute Gasteiger partial charge is 0.178 e. The van der Waals surface area contributed by atoms with Crippen molar-refractivity contribution in [3.8, 4) is 0 Å². The molecule has 242 valence electrons. The first-order chi connectivity index (χ1) is 20.1. The molecule has 0 aromatic heterocycles. The Kier molecular flexibility index (Phi) is 27.0. The average molecular weight is 878 g/mol. The van der Waals surface area contributed by atoms with Crippen LogP contribution in [0.1, 0.15) is 0 Å². The van der Waals surface area contributed by atoms with E-state index in [0.29, 0.717) is 0 Å². The summed E-state index contributed by atoms with van der Waals surface area (Å²) in [5, 5.41) is 6.54. The smallest absolute Gasteiger partial charge is 0.0237 e. The van der Waals surface area contributed by atoms with Crippen LogP contribution in [0.3, 0.4) is 0 Å². The fourth-order valence-electron chi connectivity index (χ4n) is 3.63. The highest BCUT2D eigenvalue weighted by Crippen LogP contribution is 2.42. The van der Waals surface area contributed by atoms with Gasteiger partial charge in [-0.15, -0.1) is 0 Å². The second-order valence-electron chi connectivity index (χ2n) is 9.58. The molecule has 4 rings (SSSR count). The Morgan fingerprint density at radius 2 is 0.561 bits per heavy atom. The first kappa shape index (κ1) is 41.4. The Morgan fingerprint density at radius 3 is 0.780 bits per heavy atom. The molecule has 41 heavy (non-hydrogen) atoms. The van der Waals surface area contributed by atoms with Crippen LogP contribution >= 0.6 is 198 Å². The van der Waals surface area contributed by atoms with Gasteiger partial charge in [0.1, 0.15) is 0 Å². The van der Waals surface area contributed by atoms with Crippen molar-refractivity contribution in [1.29, 1.82) is 0 Å². The predicted octanol–water partition coefficient (Wildman–Crippen LogP) is 9.97. The second-order valence-corrected chi connectivity index (χ2v) is 28.6. The van der Waals surface area contributed by atoms with Gasteiger partial charge in [-0.05, 0) is 9.83 Å². The lowest BCUT2D eigenvalue weighted by Gasteiger charge is -2.27. The van der Waals surface area contributed by atoms with E-state index in [1.165, 1.54) is 69.0 Å². The summed E-state index contributed by atoms with van der Waals surface area (Å²) in [4.78, 5) is 0. The maximum Gasteiger partial charge on any atom is 0.0237 e. The number of thiol groups is 4. The molecule has 0 aromatic carbocycles. The average Bonchev–Trinajstić information content (AvgIpc) is 3.04. The first-order valence-electron chi connectivity index (χ1n) is 13.6. The van der Waals surface area contributed by atoms with Crippen LogP contribution in [0.25, 0.3) is 0 Å². The third-order valence-electron chi connectivity index (χ3n) is 6.15. The van der Waals surface area contributed by atoms with Gasteiger partial charge in [-0.1, -0.05) is 43.2 Å². The van der Waals surface area contributed by atoms with Crippen molar-refractivity contribution >= 4 is 198 Å².